The SMILES string of the molecule is Cc1cccc(OCCC(=O)Nc2cc(C(=O)OCc3ccccc3)[nH]n2)c1. The second-order valence-corrected chi connectivity index (χ2v) is 6.19. The summed E-state index contributed by atoms with van der Waals surface area (Å²) in [4.78, 5) is 24.0. The van der Waals surface area contributed by atoms with Crippen molar-refractivity contribution < 1.29 is 19.1 Å². The van der Waals surface area contributed by atoms with Crippen molar-refractivity contribution in [3.8, 4) is 5.75 Å². The lowest BCUT2D eigenvalue weighted by Gasteiger charge is -2.06. The van der Waals surface area contributed by atoms with E-state index in [4.69, 9.17) is 9.47 Å². The molecule has 0 atom stereocenters. The number of esters is 1. The number of nitrogens with one attached hydrogen (secondary N) is 2. The molecule has 28 heavy (non-hydrogen) atoms. The molecule has 2 aromatic carbocycles. The lowest BCUT2D eigenvalue weighted by molar-refractivity contribution is -0.116. The molecule has 0 saturated carbocycles. The number of H-pyrrole nitrogens is 1. The molecule has 2 N–H and O–H groups in total. The summed E-state index contributed by atoms with van der Waals surface area (Å²) < 4.78 is 10.8. The van der Waals surface area contributed by atoms with Crippen LogP contribution in [0.15, 0.2) is 60.7 Å². The molecule has 7 nitrogen and oxygen atoms in total. The summed E-state index contributed by atoms with van der Waals surface area (Å²) in [5, 5.41) is 9.10. The number of aryl methyl sites for hydroxylation is 1. The van der Waals surface area contributed by atoms with Gasteiger partial charge in [0.1, 0.15) is 18.1 Å². The normalized spacial score (nSPS) is 10.3. The standard InChI is InChI=1S/C21H21N3O4/c1-15-6-5-9-17(12-15)27-11-10-20(25)22-19-13-18(23-24-19)21(26)28-14-16-7-3-2-4-8-16/h2-9,12-13H,10-11,14H2,1H3,(H2,22,23,24,25). The fourth-order valence-electron chi connectivity index (χ4n) is 2.46. The number of carbonyl (C=O) groups excluding carboxylic acids is 2. The largest absolute Gasteiger partial charge is 0.493 e. The molecular weight excluding hydrogens is 358 g/mol. The van der Waals surface area contributed by atoms with Crippen molar-refractivity contribution in [1.82, 2.24) is 10.2 Å². The van der Waals surface area contributed by atoms with Gasteiger partial charge in [-0.05, 0) is 30.2 Å². The van der Waals surface area contributed by atoms with Gasteiger partial charge in [0.15, 0.2) is 5.82 Å². The third-order valence-corrected chi connectivity index (χ3v) is 3.87. The van der Waals surface area contributed by atoms with E-state index >= 15 is 0 Å². The molecule has 0 spiro atoms. The predicted molar refractivity (Wildman–Crippen MR) is 104 cm³/mol. The zero-order valence-corrected chi connectivity index (χ0v) is 15.5. The molecule has 3 rings (SSSR count). The van der Waals surface area contributed by atoms with Crippen molar-refractivity contribution in [2.45, 2.75) is 20.0 Å². The zero-order chi connectivity index (χ0) is 19.8. The van der Waals surface area contributed by atoms with Crippen molar-refractivity contribution in [3.05, 3.63) is 77.5 Å². The van der Waals surface area contributed by atoms with Crippen molar-refractivity contribution in [1.29, 1.82) is 0 Å². The van der Waals surface area contributed by atoms with Gasteiger partial charge in [-0.25, -0.2) is 4.79 Å². The van der Waals surface area contributed by atoms with Gasteiger partial charge in [-0.2, -0.15) is 5.10 Å². The van der Waals surface area contributed by atoms with Crippen LogP contribution < -0.4 is 10.1 Å². The van der Waals surface area contributed by atoms with Crippen LogP contribution in [0.4, 0.5) is 5.82 Å². The van der Waals surface area contributed by atoms with E-state index in [-0.39, 0.29) is 37.1 Å². The van der Waals surface area contributed by atoms with Crippen molar-refractivity contribution in [2.24, 2.45) is 0 Å². The van der Waals surface area contributed by atoms with Gasteiger partial charge in [0.2, 0.25) is 5.91 Å². The molecule has 0 radical (unpaired) electrons. The Morgan fingerprint density at radius 2 is 1.89 bits per heavy atom. The summed E-state index contributed by atoms with van der Waals surface area (Å²) in [6, 6.07) is 18.4. The molecule has 3 aromatic rings. The summed E-state index contributed by atoms with van der Waals surface area (Å²) in [7, 11) is 0. The van der Waals surface area contributed by atoms with E-state index in [1.165, 1.54) is 6.07 Å². The smallest absolute Gasteiger partial charge is 0.356 e. The average molecular weight is 379 g/mol. The first-order valence-electron chi connectivity index (χ1n) is 8.86. The number of nitrogens with zero attached hydrogens (tertiary/aromatic N) is 1. The second kappa shape index (κ2) is 9.36. The van der Waals surface area contributed by atoms with Gasteiger partial charge >= 0.3 is 5.97 Å². The third-order valence-electron chi connectivity index (χ3n) is 3.87. The highest BCUT2D eigenvalue weighted by Crippen LogP contribution is 2.13. The highest BCUT2D eigenvalue weighted by Gasteiger charge is 2.13. The number of anilines is 1. The summed E-state index contributed by atoms with van der Waals surface area (Å²) in [6.07, 6.45) is 0.161. The van der Waals surface area contributed by atoms with E-state index in [2.05, 4.69) is 15.5 Å². The number of carbonyl (C=O) groups is 2. The molecule has 0 bridgehead atoms. The Labute approximate surface area is 162 Å². The number of aromatic amines is 1. The van der Waals surface area contributed by atoms with Gasteiger partial charge in [0.25, 0.3) is 0 Å². The van der Waals surface area contributed by atoms with E-state index in [0.29, 0.717) is 0 Å². The minimum Gasteiger partial charge on any atom is -0.493 e. The van der Waals surface area contributed by atoms with E-state index in [1.807, 2.05) is 61.5 Å². The number of rotatable bonds is 8. The Kier molecular flexibility index (Phi) is 6.41. The minimum atomic E-state index is -0.542. The van der Waals surface area contributed by atoms with Gasteiger partial charge < -0.3 is 14.8 Å². The Morgan fingerprint density at radius 1 is 1.07 bits per heavy atom. The Hall–Kier alpha value is -3.61. The van der Waals surface area contributed by atoms with Crippen LogP contribution in [-0.2, 0) is 16.1 Å². The van der Waals surface area contributed by atoms with Gasteiger partial charge in [-0.15, -0.1) is 0 Å². The van der Waals surface area contributed by atoms with Crippen LogP contribution >= 0.6 is 0 Å². The fraction of sp³-hybridized carbons (Fsp3) is 0.190. The third kappa shape index (κ3) is 5.70. The van der Waals surface area contributed by atoms with E-state index in [1.54, 1.807) is 0 Å². The number of benzene rings is 2. The maximum atomic E-state index is 12.0. The molecular formula is C21H21N3O4. The van der Waals surface area contributed by atoms with Gasteiger partial charge in [0, 0.05) is 6.07 Å². The summed E-state index contributed by atoms with van der Waals surface area (Å²) in [5.74, 6) is 0.172. The van der Waals surface area contributed by atoms with Crippen molar-refractivity contribution >= 4 is 17.7 Å². The Balaban J connectivity index is 1.43. The van der Waals surface area contributed by atoms with Crippen LogP contribution in [0.1, 0.15) is 28.0 Å². The summed E-state index contributed by atoms with van der Waals surface area (Å²) in [5.41, 5.74) is 2.14. The van der Waals surface area contributed by atoms with Crippen LogP contribution in [0.2, 0.25) is 0 Å². The van der Waals surface area contributed by atoms with Gasteiger partial charge in [0.05, 0.1) is 13.0 Å². The van der Waals surface area contributed by atoms with Crippen molar-refractivity contribution in [2.75, 3.05) is 11.9 Å². The number of amides is 1. The lowest BCUT2D eigenvalue weighted by Crippen LogP contribution is -2.15. The Bertz CT molecular complexity index is 938. The molecule has 0 unspecified atom stereocenters. The first-order chi connectivity index (χ1) is 13.6. The molecule has 0 aliphatic rings. The number of hydrogen-bond donors (Lipinski definition) is 2. The van der Waals surface area contributed by atoms with Crippen LogP contribution in [0, 0.1) is 6.92 Å². The molecule has 0 saturated heterocycles. The fourth-order valence-corrected chi connectivity index (χ4v) is 2.46. The molecule has 1 aromatic heterocycles. The van der Waals surface area contributed by atoms with Gasteiger partial charge in [-0.1, -0.05) is 42.5 Å². The lowest BCUT2D eigenvalue weighted by atomic mass is 10.2. The first kappa shape index (κ1) is 19.2. The maximum Gasteiger partial charge on any atom is 0.356 e. The van der Waals surface area contributed by atoms with E-state index in [0.717, 1.165) is 16.9 Å². The molecule has 144 valence electrons. The second-order valence-electron chi connectivity index (χ2n) is 6.19. The average Bonchev–Trinajstić information content (AvgIpc) is 3.15. The highest BCUT2D eigenvalue weighted by molar-refractivity contribution is 5.92. The van der Waals surface area contributed by atoms with Crippen LogP contribution in [0.25, 0.3) is 0 Å². The number of aromatic nitrogens is 2. The van der Waals surface area contributed by atoms with Gasteiger partial charge in [-0.3, -0.25) is 9.89 Å². The molecule has 0 fully saturated rings. The quantitative estimate of drug-likeness (QED) is 0.585. The highest BCUT2D eigenvalue weighted by atomic mass is 16.5. The molecule has 0 aliphatic heterocycles. The number of ether oxygens (including phenoxy) is 2. The predicted octanol–water partition coefficient (Wildman–Crippen LogP) is 3.48. The maximum absolute atomic E-state index is 12.0. The summed E-state index contributed by atoms with van der Waals surface area (Å²) in [6.45, 7) is 2.38. The molecule has 1 amide bonds. The van der Waals surface area contributed by atoms with Crippen LogP contribution in [0.3, 0.4) is 0 Å². The first-order valence-corrected chi connectivity index (χ1v) is 8.86. The molecule has 1 heterocycles. The zero-order valence-electron chi connectivity index (χ0n) is 15.5. The minimum absolute atomic E-state index is 0.161. The number of hydrogen-bond acceptors (Lipinski definition) is 5. The monoisotopic (exact) mass is 379 g/mol. The Morgan fingerprint density at radius 3 is 2.68 bits per heavy atom. The van der Waals surface area contributed by atoms with Crippen LogP contribution in [-0.4, -0.2) is 28.7 Å². The topological polar surface area (TPSA) is 93.3 Å². The van der Waals surface area contributed by atoms with Crippen molar-refractivity contribution in [3.63, 3.8) is 0 Å². The van der Waals surface area contributed by atoms with Crippen LogP contribution in [0.5, 0.6) is 5.75 Å². The van der Waals surface area contributed by atoms with E-state index < -0.39 is 5.97 Å². The summed E-state index contributed by atoms with van der Waals surface area (Å²) >= 11 is 0. The molecule has 7 heteroatoms. The van der Waals surface area contributed by atoms with E-state index in [9.17, 15) is 9.59 Å². The molecule has 0 aliphatic carbocycles.